The first-order valence-corrected chi connectivity index (χ1v) is 24.9. The van der Waals surface area contributed by atoms with Gasteiger partial charge in [-0.05, 0) is 35.8 Å². The molecule has 71 heavy (non-hydrogen) atoms. The number of Topliss-reactive ketones (excluding diaryl/α,β-unsaturated/α-hetero) is 2. The quantitative estimate of drug-likeness (QED) is 0.121. The number of ketones is 2. The molecule has 23 heteroatoms. The third kappa shape index (κ3) is 13.3. The highest BCUT2D eigenvalue weighted by Gasteiger charge is 2.45. The van der Waals surface area contributed by atoms with Gasteiger partial charge in [-0.3, -0.25) is 57.6 Å². The van der Waals surface area contributed by atoms with Gasteiger partial charge in [-0.1, -0.05) is 52.3 Å². The Balaban J connectivity index is 1.46. The van der Waals surface area contributed by atoms with Crippen LogP contribution in [-0.2, 0) is 59.2 Å². The lowest BCUT2D eigenvalue weighted by molar-refractivity contribution is -0.145. The smallest absolute Gasteiger partial charge is 0.253 e. The second kappa shape index (κ2) is 24.1. The van der Waals surface area contributed by atoms with E-state index in [1.165, 1.54) is 0 Å². The van der Waals surface area contributed by atoms with Crippen LogP contribution in [0, 0.1) is 29.6 Å². The van der Waals surface area contributed by atoms with E-state index in [2.05, 4.69) is 36.9 Å². The van der Waals surface area contributed by atoms with Crippen molar-refractivity contribution in [1.29, 1.82) is 0 Å². The van der Waals surface area contributed by atoms with Gasteiger partial charge in [0.25, 0.3) is 11.8 Å². The van der Waals surface area contributed by atoms with Gasteiger partial charge in [-0.2, -0.15) is 0 Å². The average molecular weight is 1010 g/mol. The summed E-state index contributed by atoms with van der Waals surface area (Å²) >= 11 is 1.10. The Labute approximate surface area is 414 Å². The number of nitrogens with zero attached hydrogens (tertiary/aromatic N) is 2. The predicted molar refractivity (Wildman–Crippen MR) is 255 cm³/mol. The molecule has 22 nitrogen and oxygen atoms in total. The van der Waals surface area contributed by atoms with Crippen LogP contribution in [0.25, 0.3) is 10.9 Å². The Morgan fingerprint density at radius 1 is 0.831 bits per heavy atom. The number of fused-ring (bicyclic) bond motifs is 5. The number of hydrogen-bond donors (Lipinski definition) is 9. The fraction of sp³-hybridized carbons (Fsp3) is 0.562. The van der Waals surface area contributed by atoms with E-state index >= 15 is 0 Å². The molecule has 4 aliphatic heterocycles. The van der Waals surface area contributed by atoms with Gasteiger partial charge in [0.2, 0.25) is 41.4 Å². The summed E-state index contributed by atoms with van der Waals surface area (Å²) in [6.07, 6.45) is -0.901. The molecule has 5 heterocycles. The molecular formula is C48H63N9O13S. The van der Waals surface area contributed by atoms with E-state index < -0.39 is 163 Å². The SMILES string of the molecule is CC[C@H](C)[C@@H]1NC(=O)CNC(=O)C2CC(=O)[C@H]([C@@H](C)[C@@H](C)CO)NC(=O)[C@@H]3CC(O)CN3C(=O)[C@H](CC(=O)NCCN3C(=O)C=CC3=O)CC(=O)C(CSc3[nH]c4ccccc4c3C2)NC(=O)CNC1=O. The van der Waals surface area contributed by atoms with Gasteiger partial charge in [-0.25, -0.2) is 0 Å². The predicted octanol–water partition coefficient (Wildman–Crippen LogP) is -1.63. The second-order valence-corrected chi connectivity index (χ2v) is 19.9. The number of hydrogen-bond acceptors (Lipinski definition) is 14. The minimum absolute atomic E-state index is 0.107. The van der Waals surface area contributed by atoms with E-state index in [0.717, 1.165) is 33.7 Å². The summed E-state index contributed by atoms with van der Waals surface area (Å²) in [5.74, 6) is -12.7. The number of amides is 9. The fourth-order valence-corrected chi connectivity index (χ4v) is 10.3. The van der Waals surface area contributed by atoms with Gasteiger partial charge >= 0.3 is 0 Å². The molecule has 3 unspecified atom stereocenters. The van der Waals surface area contributed by atoms with Gasteiger partial charge in [0.15, 0.2) is 11.6 Å². The van der Waals surface area contributed by atoms with Crippen molar-refractivity contribution in [3.05, 3.63) is 42.0 Å². The number of carbonyl (C=O) groups excluding carboxylic acids is 11. The molecule has 10 atom stereocenters. The number of imide groups is 1. The van der Waals surface area contributed by atoms with Crippen LogP contribution in [0.1, 0.15) is 65.4 Å². The van der Waals surface area contributed by atoms with Crippen LogP contribution in [0.4, 0.5) is 0 Å². The number of aromatic amines is 1. The topological polar surface area (TPSA) is 323 Å². The number of H-pyrrole nitrogens is 1. The number of aromatic nitrogens is 1. The van der Waals surface area contributed by atoms with Crippen molar-refractivity contribution >= 4 is 87.4 Å². The maximum absolute atomic E-state index is 14.8. The lowest BCUT2D eigenvalue weighted by Gasteiger charge is -2.32. The van der Waals surface area contributed by atoms with E-state index in [4.69, 9.17) is 0 Å². The van der Waals surface area contributed by atoms with Crippen molar-refractivity contribution in [3.63, 3.8) is 0 Å². The molecule has 1 aromatic carbocycles. The van der Waals surface area contributed by atoms with Crippen LogP contribution in [-0.4, -0.2) is 165 Å². The third-order valence-electron chi connectivity index (χ3n) is 13.8. The summed E-state index contributed by atoms with van der Waals surface area (Å²) in [4.78, 5) is 157. The molecule has 1 aromatic heterocycles. The van der Waals surface area contributed by atoms with Crippen LogP contribution in [0.15, 0.2) is 41.4 Å². The summed E-state index contributed by atoms with van der Waals surface area (Å²) in [6, 6.07) is 1.79. The van der Waals surface area contributed by atoms with Crippen molar-refractivity contribution < 1.29 is 63.0 Å². The first-order valence-electron chi connectivity index (χ1n) is 23.9. The van der Waals surface area contributed by atoms with Crippen LogP contribution in [0.2, 0.25) is 0 Å². The van der Waals surface area contributed by atoms with Crippen LogP contribution >= 0.6 is 11.8 Å². The standard InChI is InChI=1S/C48H63N9O13S/c1-5-24(2)42-46(69)51-19-38(63)52-33-23-71-47-31(30-8-6-7-9-32(30)53-47)14-27(44(67)50-20-39(64)54-42)15-36(61)43(26(4)25(3)22-58)55-45(68)34-18-29(59)21-57(34)48(70)28(16-35(33)60)17-37(62)49-12-13-56-40(65)10-11-41(56)66/h6-11,24-29,33-34,42-43,53,58-59H,5,12-23H2,1-4H3,(H,49,62)(H,50,67)(H,51,69)(H,52,63)(H,54,64)(H,55,68)/t24-,25-,26-,27?,28-,29?,33?,34-,42-,43-/m0/s1. The van der Waals surface area contributed by atoms with E-state index in [1.54, 1.807) is 52.0 Å². The molecule has 9 N–H and O–H groups in total. The Bertz CT molecular complexity index is 2440. The van der Waals surface area contributed by atoms with Crippen LogP contribution in [0.3, 0.4) is 0 Å². The summed E-state index contributed by atoms with van der Waals surface area (Å²) in [5.41, 5.74) is 1.18. The van der Waals surface area contributed by atoms with Gasteiger partial charge in [0.1, 0.15) is 12.1 Å². The summed E-state index contributed by atoms with van der Waals surface area (Å²) < 4.78 is 0. The lowest BCUT2D eigenvalue weighted by Crippen LogP contribution is -2.56. The second-order valence-electron chi connectivity index (χ2n) is 18.8. The van der Waals surface area contributed by atoms with Crippen molar-refractivity contribution in [3.8, 4) is 0 Å². The summed E-state index contributed by atoms with van der Waals surface area (Å²) in [7, 11) is 0. The van der Waals surface area contributed by atoms with Gasteiger partial charge in [0.05, 0.1) is 42.2 Å². The highest BCUT2D eigenvalue weighted by atomic mass is 32.2. The summed E-state index contributed by atoms with van der Waals surface area (Å²) in [6.45, 7) is 4.37. The first kappa shape index (κ1) is 53.9. The van der Waals surface area contributed by atoms with Crippen LogP contribution < -0.4 is 31.9 Å². The molecule has 1 saturated heterocycles. The lowest BCUT2D eigenvalue weighted by atomic mass is 9.83. The molecule has 0 aliphatic carbocycles. The Morgan fingerprint density at radius 2 is 1.51 bits per heavy atom. The minimum Gasteiger partial charge on any atom is -0.396 e. The Kier molecular flexibility index (Phi) is 18.3. The monoisotopic (exact) mass is 1010 g/mol. The molecule has 6 rings (SSSR count). The van der Waals surface area contributed by atoms with Crippen molar-refractivity contribution in [1.82, 2.24) is 46.7 Å². The maximum Gasteiger partial charge on any atom is 0.253 e. The molecule has 0 spiro atoms. The molecule has 9 amide bonds. The number of benzene rings is 1. The zero-order valence-corrected chi connectivity index (χ0v) is 40.9. The molecular weight excluding hydrogens is 943 g/mol. The van der Waals surface area contributed by atoms with Gasteiger partial charge in [0, 0.05) is 86.7 Å². The molecule has 0 saturated carbocycles. The average Bonchev–Trinajstić information content (AvgIpc) is 4.02. The molecule has 0 radical (unpaired) electrons. The summed E-state index contributed by atoms with van der Waals surface area (Å²) in [5, 5.41) is 38.1. The number of rotatable bonds is 10. The van der Waals surface area contributed by atoms with Gasteiger partial charge in [-0.15, -0.1) is 11.8 Å². The maximum atomic E-state index is 14.8. The number of carbonyl (C=O) groups is 11. The van der Waals surface area contributed by atoms with E-state index in [-0.39, 0.29) is 38.3 Å². The zero-order chi connectivity index (χ0) is 51.7. The number of aliphatic hydroxyl groups is 2. The number of para-hydroxylation sites is 1. The third-order valence-corrected chi connectivity index (χ3v) is 15.0. The number of aliphatic hydroxyl groups excluding tert-OH is 2. The van der Waals surface area contributed by atoms with Crippen molar-refractivity contribution in [2.45, 2.75) is 102 Å². The Hall–Kier alpha value is -6.46. The molecule has 1 fully saturated rings. The first-order chi connectivity index (χ1) is 33.8. The van der Waals surface area contributed by atoms with Crippen molar-refractivity contribution in [2.75, 3.05) is 45.1 Å². The van der Waals surface area contributed by atoms with Crippen molar-refractivity contribution in [2.24, 2.45) is 29.6 Å². The molecule has 2 bridgehead atoms. The number of thioether (sulfide) groups is 1. The van der Waals surface area contributed by atoms with Gasteiger partial charge < -0.3 is 52.0 Å². The van der Waals surface area contributed by atoms with E-state index in [0.29, 0.717) is 27.9 Å². The normalized spacial score (nSPS) is 27.0. The van der Waals surface area contributed by atoms with E-state index in [1.807, 2.05) is 0 Å². The van der Waals surface area contributed by atoms with Crippen LogP contribution in [0.5, 0.6) is 0 Å². The van der Waals surface area contributed by atoms with E-state index in [9.17, 15) is 63.0 Å². The molecule has 384 valence electrons. The zero-order valence-electron chi connectivity index (χ0n) is 40.1. The molecule has 2 aromatic rings. The highest BCUT2D eigenvalue weighted by Crippen LogP contribution is 2.34. The minimum atomic E-state index is -1.51. The molecule has 4 aliphatic rings. The largest absolute Gasteiger partial charge is 0.396 e. The highest BCUT2D eigenvalue weighted by molar-refractivity contribution is 7.99. The fourth-order valence-electron chi connectivity index (χ4n) is 9.19. The number of nitrogens with one attached hydrogen (secondary N) is 7. The Morgan fingerprint density at radius 3 is 2.20 bits per heavy atom.